The first-order valence-corrected chi connectivity index (χ1v) is 30.9. The van der Waals surface area contributed by atoms with Crippen molar-refractivity contribution in [3.8, 4) is 11.5 Å². The highest BCUT2D eigenvalue weighted by molar-refractivity contribution is 6.35. The molecule has 3 aliphatic rings. The van der Waals surface area contributed by atoms with Crippen molar-refractivity contribution in [1.82, 2.24) is 31.1 Å². The molecule has 0 unspecified atom stereocenters. The Morgan fingerprint density at radius 1 is 0.946 bits per heavy atom. The number of hydrogen-bond donors (Lipinski definition) is 7. The minimum Gasteiger partial charge on any atom is -0.495 e. The van der Waals surface area contributed by atoms with Gasteiger partial charge in [-0.25, -0.2) is 28.9 Å². The molecule has 3 heterocycles. The first kappa shape index (κ1) is 74.7. The van der Waals surface area contributed by atoms with Crippen LogP contribution >= 0.6 is 11.6 Å². The number of halogens is 1. The largest absolute Gasteiger partial charge is 0.495 e. The molecule has 92 heavy (non-hydrogen) atoms. The number of benzene rings is 2. The summed E-state index contributed by atoms with van der Waals surface area (Å²) in [7, 11) is 8.05. The number of nitrogens with zero attached hydrogens (tertiary/aromatic N) is 3. The fourth-order valence-electron chi connectivity index (χ4n) is 10.6. The van der Waals surface area contributed by atoms with Gasteiger partial charge in [0.05, 0.1) is 38.1 Å². The number of esters is 1. The Labute approximate surface area is 542 Å². The van der Waals surface area contributed by atoms with Crippen LogP contribution in [0.25, 0.3) is 0 Å². The van der Waals surface area contributed by atoms with Crippen molar-refractivity contribution in [2.24, 2.45) is 23.0 Å². The normalized spacial score (nSPS) is 23.4. The molecule has 3 aliphatic heterocycles. The van der Waals surface area contributed by atoms with Gasteiger partial charge < -0.3 is 75.1 Å². The van der Waals surface area contributed by atoms with Crippen molar-refractivity contribution in [3.63, 3.8) is 0 Å². The number of unbranched alkanes of at least 4 members (excludes halogenated alkanes) is 1. The minimum atomic E-state index is -1.93. The first-order valence-electron chi connectivity index (χ1n) is 30.5. The van der Waals surface area contributed by atoms with Crippen LogP contribution < -0.4 is 46.7 Å². The van der Waals surface area contributed by atoms with Crippen molar-refractivity contribution in [2.75, 3.05) is 59.2 Å². The molecule has 4 bridgehead atoms. The predicted molar refractivity (Wildman–Crippen MR) is 339 cm³/mol. The molecule has 28 heteroatoms. The molecule has 2 fully saturated rings. The number of rotatable bonds is 23. The Kier molecular flexibility index (Phi) is 26.4. The number of carbonyl (C=O) groups excluding carboxylic acids is 10. The van der Waals surface area contributed by atoms with Crippen LogP contribution in [0.1, 0.15) is 125 Å². The molecule has 0 saturated carbocycles. The van der Waals surface area contributed by atoms with Gasteiger partial charge in [-0.3, -0.25) is 29.3 Å². The van der Waals surface area contributed by atoms with Crippen molar-refractivity contribution in [2.45, 2.75) is 181 Å². The SMILES string of the molecule is COc1cc(COC(=O)N(C)C(=O)N(C)[C@@H](C)C(=O)O[C@H]2CC(=O)N(C)c3cc(cc(OC)c3Cl)C/C(C)=C/C=C/[C@@H](OC)[C@@]3(O)C[C@H](OC(=O)N3)[C@@H](C)[C@@H]3O[C@@]23C)ccc1NC(=O)[C@H](CCCNC(N)=O)NC(=O)[C@@H](NC(=O)CCCCC(=O)C(C)(C)C)C(C)C. The van der Waals surface area contributed by atoms with Crippen LogP contribution in [0.4, 0.5) is 30.6 Å². The topological polar surface area (TPSA) is 355 Å². The number of primary amides is 1. The van der Waals surface area contributed by atoms with Crippen molar-refractivity contribution < 1.29 is 86.2 Å². The van der Waals surface area contributed by atoms with E-state index in [2.05, 4.69) is 26.6 Å². The molecule has 8 N–H and O–H groups in total. The van der Waals surface area contributed by atoms with Crippen LogP contribution in [-0.4, -0.2) is 177 Å². The maximum atomic E-state index is 14.5. The smallest absolute Gasteiger partial charge is 0.418 e. The Morgan fingerprint density at radius 3 is 2.25 bits per heavy atom. The number of ketones is 1. The van der Waals surface area contributed by atoms with Crippen LogP contribution in [0.15, 0.2) is 54.1 Å². The van der Waals surface area contributed by atoms with E-state index < -0.39 is 138 Å². The number of alkyl carbamates (subject to hydrolysis) is 1. The second-order valence-corrected chi connectivity index (χ2v) is 25.5. The van der Waals surface area contributed by atoms with E-state index in [4.69, 9.17) is 50.5 Å². The zero-order chi connectivity index (χ0) is 68.7. The molecular weight excluding hydrogens is 1220 g/mol. The predicted octanol–water partition coefficient (Wildman–Crippen LogP) is 6.57. The molecule has 10 amide bonds. The summed E-state index contributed by atoms with van der Waals surface area (Å²) >= 11 is 6.84. The maximum absolute atomic E-state index is 14.5. The summed E-state index contributed by atoms with van der Waals surface area (Å²) in [4.78, 5) is 137. The summed E-state index contributed by atoms with van der Waals surface area (Å²) < 4.78 is 40.5. The Bertz CT molecular complexity index is 3120. The van der Waals surface area contributed by atoms with E-state index in [-0.39, 0.29) is 54.5 Å². The molecule has 2 aromatic carbocycles. The van der Waals surface area contributed by atoms with E-state index in [0.717, 1.165) is 23.1 Å². The van der Waals surface area contributed by atoms with E-state index in [1.54, 1.807) is 52.0 Å². The van der Waals surface area contributed by atoms with Gasteiger partial charge >= 0.3 is 30.2 Å². The summed E-state index contributed by atoms with van der Waals surface area (Å²) in [5, 5.41) is 25.2. The van der Waals surface area contributed by atoms with Crippen molar-refractivity contribution >= 4 is 82.6 Å². The molecule has 0 spiro atoms. The van der Waals surface area contributed by atoms with E-state index in [9.17, 15) is 53.1 Å². The van der Waals surface area contributed by atoms with Gasteiger partial charge in [-0.2, -0.15) is 0 Å². The van der Waals surface area contributed by atoms with Crippen LogP contribution in [-0.2, 0) is 65.5 Å². The number of Topliss-reactive ketones (excluding diaryl/α,β-unsaturated/α-hetero) is 1. The molecule has 27 nitrogen and oxygen atoms in total. The third-order valence-corrected chi connectivity index (χ3v) is 17.0. The fourth-order valence-corrected chi connectivity index (χ4v) is 11.0. The number of nitrogens with one attached hydrogen (secondary N) is 5. The minimum absolute atomic E-state index is 0.0343. The molecule has 0 aromatic heterocycles. The highest BCUT2D eigenvalue weighted by atomic mass is 35.5. The number of methoxy groups -OCH3 is 3. The van der Waals surface area contributed by atoms with Gasteiger partial charge in [-0.05, 0) is 94.2 Å². The number of aliphatic hydroxyl groups is 1. The number of carbonyl (C=O) groups is 10. The van der Waals surface area contributed by atoms with Gasteiger partial charge in [-0.1, -0.05) is 83.0 Å². The van der Waals surface area contributed by atoms with Gasteiger partial charge in [0, 0.05) is 65.4 Å². The Hall–Kier alpha value is -8.01. The van der Waals surface area contributed by atoms with Gasteiger partial charge in [0.2, 0.25) is 23.6 Å². The number of allylic oxidation sites excluding steroid dienone is 3. The number of likely N-dealkylation sites (N-methyl/N-ethyl adjacent to an activating group) is 1. The van der Waals surface area contributed by atoms with Crippen LogP contribution in [0, 0.1) is 17.3 Å². The number of anilines is 2. The van der Waals surface area contributed by atoms with Crippen molar-refractivity contribution in [3.05, 3.63) is 70.3 Å². The number of nitrogens with two attached hydrogens (primary N) is 1. The molecule has 2 saturated heterocycles. The lowest BCUT2D eigenvalue weighted by Gasteiger charge is -2.42. The Morgan fingerprint density at radius 2 is 1.62 bits per heavy atom. The number of ether oxygens (including phenoxy) is 7. The quantitative estimate of drug-likeness (QED) is 0.0267. The molecule has 508 valence electrons. The maximum Gasteiger partial charge on any atom is 0.418 e. The van der Waals surface area contributed by atoms with E-state index >= 15 is 0 Å². The lowest BCUT2D eigenvalue weighted by molar-refractivity contribution is -0.158. The number of urea groups is 2. The zero-order valence-electron chi connectivity index (χ0n) is 55.3. The summed E-state index contributed by atoms with van der Waals surface area (Å²) in [6, 6.07) is 2.54. The van der Waals surface area contributed by atoms with Gasteiger partial charge in [0.25, 0.3) is 0 Å². The number of fused-ring (bicyclic) bond motifs is 5. The highest BCUT2D eigenvalue weighted by Crippen LogP contribution is 2.49. The second-order valence-electron chi connectivity index (χ2n) is 25.1. The van der Waals surface area contributed by atoms with Crippen LogP contribution in [0.5, 0.6) is 11.5 Å². The second kappa shape index (κ2) is 32.5. The molecule has 5 rings (SSSR count). The summed E-state index contributed by atoms with van der Waals surface area (Å²) in [5.74, 6) is -3.83. The summed E-state index contributed by atoms with van der Waals surface area (Å²) in [5.41, 5.74) is 3.79. The number of imide groups is 1. The van der Waals surface area contributed by atoms with Gasteiger partial charge in [0.1, 0.15) is 71.0 Å². The number of hydrogen-bond acceptors (Lipinski definition) is 18. The van der Waals surface area contributed by atoms with Crippen molar-refractivity contribution in [1.29, 1.82) is 0 Å². The van der Waals surface area contributed by atoms with Crippen LogP contribution in [0.2, 0.25) is 5.02 Å². The monoisotopic (exact) mass is 1310 g/mol. The number of amides is 10. The molecule has 10 atom stereocenters. The standard InChI is InChI=1S/C64H92ClN9O18/c1-35(2)53(70-50(76)24-17-16-22-47(75)62(6,7)8)56(79)69-42(21-19-27-67-58(66)81)55(78)68-41-26-25-39(30-44(41)86-13)34-89-61(84)74(12)60(83)72(10)38(5)57(80)91-49-32-51(77)73(11)43-29-40(31-45(87-14)52(43)65)28-36(3)20-18-23-48(88-15)64(85)33-46(90-59(82)71-64)37(4)54-63(49,9)92-54/h18,20,23,25-26,29-31,35,37-38,42,46,48-49,53-54,85H,16-17,19,21-22,24,27-28,32-34H2,1-15H3,(H,68,78)(H,69,79)(H,70,76)(H,71,82)(H3,66,67,81)/b23-18+,36-20+/t37-,38+,42+,46+,48-,49+,53+,54+,63+,64+/m1/s1. The lowest BCUT2D eigenvalue weighted by Crippen LogP contribution is -2.63. The van der Waals surface area contributed by atoms with E-state index in [0.29, 0.717) is 47.6 Å². The van der Waals surface area contributed by atoms with E-state index in [1.807, 2.05) is 33.8 Å². The lowest BCUT2D eigenvalue weighted by atomic mass is 9.83. The van der Waals surface area contributed by atoms with Crippen LogP contribution in [0.3, 0.4) is 0 Å². The summed E-state index contributed by atoms with van der Waals surface area (Å²) in [6.45, 7) is 15.2. The third kappa shape index (κ3) is 19.8. The molecule has 2 aromatic rings. The fraction of sp³-hybridized carbons (Fsp3) is 0.594. The first-order chi connectivity index (χ1) is 43.1. The third-order valence-electron chi connectivity index (χ3n) is 16.6. The summed E-state index contributed by atoms with van der Waals surface area (Å²) in [6.07, 6.45) is 0.226. The molecule has 0 radical (unpaired) electrons. The van der Waals surface area contributed by atoms with E-state index in [1.165, 1.54) is 65.4 Å². The number of epoxide rings is 1. The zero-order valence-corrected chi connectivity index (χ0v) is 56.0. The van der Waals surface area contributed by atoms with Gasteiger partial charge in [-0.15, -0.1) is 0 Å². The average molecular weight is 1310 g/mol. The highest BCUT2D eigenvalue weighted by Gasteiger charge is 2.64. The Balaban J connectivity index is 1.28. The molecular formula is C64H92ClN9O18. The average Bonchev–Trinajstić information content (AvgIpc) is 1.57. The van der Waals surface area contributed by atoms with Gasteiger partial charge in [0.15, 0.2) is 5.72 Å². The molecule has 0 aliphatic carbocycles.